The van der Waals surface area contributed by atoms with Gasteiger partial charge in [0, 0.05) is 27.8 Å². The van der Waals surface area contributed by atoms with E-state index in [1.807, 2.05) is 80.6 Å². The van der Waals surface area contributed by atoms with E-state index in [0.29, 0.717) is 23.4 Å². The number of ether oxygens (including phenoxy) is 1. The summed E-state index contributed by atoms with van der Waals surface area (Å²) in [5, 5.41) is 12.7. The zero-order valence-corrected chi connectivity index (χ0v) is 21.3. The lowest BCUT2D eigenvalue weighted by Gasteiger charge is -2.18. The molecule has 1 aliphatic carbocycles. The van der Waals surface area contributed by atoms with E-state index in [-0.39, 0.29) is 12.3 Å². The molecule has 0 spiro atoms. The minimum Gasteiger partial charge on any atom is -0.477 e. The Hall–Kier alpha value is -3.97. The Bertz CT molecular complexity index is 1520. The van der Waals surface area contributed by atoms with Gasteiger partial charge >= 0.3 is 12.1 Å². The Kier molecular flexibility index (Phi) is 6.33. The molecule has 0 atom stereocenters. The van der Waals surface area contributed by atoms with E-state index in [9.17, 15) is 14.7 Å². The van der Waals surface area contributed by atoms with Crippen LogP contribution in [0.25, 0.3) is 22.3 Å². The number of nitrogens with zero attached hydrogens (tertiary/aromatic N) is 1. The Labute approximate surface area is 217 Å². The summed E-state index contributed by atoms with van der Waals surface area (Å²) in [5.41, 5.74) is 8.45. The van der Waals surface area contributed by atoms with Crippen LogP contribution in [0.3, 0.4) is 0 Å². The SMILES string of the molecule is Cc1nc(C(=O)O)c2c(c1-c1cccc(NC(=O)OCc3ccccc3)c1C)-c1ccc(Br)cc1C2. The molecule has 1 amide bonds. The van der Waals surface area contributed by atoms with Crippen LogP contribution < -0.4 is 5.32 Å². The molecule has 0 saturated carbocycles. The molecule has 7 heteroatoms. The van der Waals surface area contributed by atoms with Gasteiger partial charge in [0.15, 0.2) is 5.69 Å². The minimum atomic E-state index is -1.04. The molecule has 1 aromatic heterocycles. The van der Waals surface area contributed by atoms with Crippen LogP contribution >= 0.6 is 15.9 Å². The fraction of sp³-hybridized carbons (Fsp3) is 0.138. The van der Waals surface area contributed by atoms with E-state index < -0.39 is 12.1 Å². The van der Waals surface area contributed by atoms with Crippen molar-refractivity contribution in [2.75, 3.05) is 5.32 Å². The van der Waals surface area contributed by atoms with Crippen LogP contribution in [0.5, 0.6) is 0 Å². The lowest BCUT2D eigenvalue weighted by molar-refractivity contribution is 0.0689. The van der Waals surface area contributed by atoms with Crippen LogP contribution in [-0.4, -0.2) is 22.2 Å². The van der Waals surface area contributed by atoms with Crippen molar-refractivity contribution in [3.05, 3.63) is 105 Å². The Morgan fingerprint density at radius 1 is 1.00 bits per heavy atom. The lowest BCUT2D eigenvalue weighted by atomic mass is 9.89. The van der Waals surface area contributed by atoms with E-state index in [1.54, 1.807) is 0 Å². The van der Waals surface area contributed by atoms with Crippen molar-refractivity contribution in [2.45, 2.75) is 26.9 Å². The quantitative estimate of drug-likeness (QED) is 0.246. The summed E-state index contributed by atoms with van der Waals surface area (Å²) < 4.78 is 6.34. The summed E-state index contributed by atoms with van der Waals surface area (Å²) in [6.45, 7) is 3.92. The number of carboxylic acid groups (broad SMARTS) is 1. The third-order valence-corrected chi connectivity index (χ3v) is 6.93. The standard InChI is InChI=1S/C29H23BrN2O4/c1-16-21(9-6-10-24(16)32-29(35)36-15-18-7-4-3-5-8-18)25-17(2)31-27(28(33)34)23-14-19-13-20(30)11-12-22(19)26(23)25/h3-13H,14-15H2,1-2H3,(H,32,35)(H,33,34). The average Bonchev–Trinajstić information content (AvgIpc) is 3.22. The number of hydrogen-bond donors (Lipinski definition) is 2. The highest BCUT2D eigenvalue weighted by Crippen LogP contribution is 2.47. The fourth-order valence-corrected chi connectivity index (χ4v) is 5.18. The second kappa shape index (κ2) is 9.59. The van der Waals surface area contributed by atoms with Crippen molar-refractivity contribution in [1.29, 1.82) is 0 Å². The number of nitrogens with one attached hydrogen (secondary N) is 1. The van der Waals surface area contributed by atoms with Gasteiger partial charge < -0.3 is 9.84 Å². The number of benzene rings is 3. The number of carbonyl (C=O) groups is 2. The number of rotatable bonds is 5. The Morgan fingerprint density at radius 2 is 1.78 bits per heavy atom. The van der Waals surface area contributed by atoms with Crippen molar-refractivity contribution < 1.29 is 19.4 Å². The highest BCUT2D eigenvalue weighted by atomic mass is 79.9. The number of aromatic nitrogens is 1. The molecule has 1 heterocycles. The molecule has 0 bridgehead atoms. The van der Waals surface area contributed by atoms with Gasteiger partial charge in [-0.05, 0) is 71.0 Å². The molecule has 4 aromatic rings. The molecule has 0 aliphatic heterocycles. The van der Waals surface area contributed by atoms with Crippen LogP contribution in [0.2, 0.25) is 0 Å². The fourth-order valence-electron chi connectivity index (χ4n) is 4.77. The van der Waals surface area contributed by atoms with E-state index in [0.717, 1.165) is 43.4 Å². The van der Waals surface area contributed by atoms with Gasteiger partial charge in [0.1, 0.15) is 6.61 Å². The summed E-state index contributed by atoms with van der Waals surface area (Å²) in [7, 11) is 0. The van der Waals surface area contributed by atoms with Crippen molar-refractivity contribution >= 4 is 33.7 Å². The van der Waals surface area contributed by atoms with E-state index >= 15 is 0 Å². The van der Waals surface area contributed by atoms with Gasteiger partial charge in [-0.1, -0.05) is 64.5 Å². The maximum atomic E-state index is 12.5. The van der Waals surface area contributed by atoms with Crippen LogP contribution in [0, 0.1) is 13.8 Å². The monoisotopic (exact) mass is 542 g/mol. The van der Waals surface area contributed by atoms with Crippen LogP contribution in [0.15, 0.2) is 71.2 Å². The Morgan fingerprint density at radius 3 is 2.53 bits per heavy atom. The smallest absolute Gasteiger partial charge is 0.411 e. The number of carboxylic acids is 1. The average molecular weight is 543 g/mol. The molecule has 0 saturated heterocycles. The molecular formula is C29H23BrN2O4. The van der Waals surface area contributed by atoms with E-state index in [1.165, 1.54) is 0 Å². The van der Waals surface area contributed by atoms with Gasteiger partial charge in [0.2, 0.25) is 0 Å². The molecular weight excluding hydrogens is 520 g/mol. The van der Waals surface area contributed by atoms with Gasteiger partial charge in [-0.2, -0.15) is 0 Å². The molecule has 0 fully saturated rings. The summed E-state index contributed by atoms with van der Waals surface area (Å²) in [6, 6.07) is 21.1. The first kappa shape index (κ1) is 23.8. The van der Waals surface area contributed by atoms with E-state index in [2.05, 4.69) is 26.2 Å². The molecule has 3 aromatic carbocycles. The highest BCUT2D eigenvalue weighted by molar-refractivity contribution is 9.10. The van der Waals surface area contributed by atoms with Crippen LogP contribution in [0.4, 0.5) is 10.5 Å². The van der Waals surface area contributed by atoms with Gasteiger partial charge in [-0.3, -0.25) is 5.32 Å². The first-order chi connectivity index (χ1) is 17.3. The van der Waals surface area contributed by atoms with Gasteiger partial charge in [0.25, 0.3) is 0 Å². The number of pyridine rings is 1. The zero-order chi connectivity index (χ0) is 25.4. The predicted octanol–water partition coefficient (Wildman–Crippen LogP) is 7.15. The molecule has 180 valence electrons. The van der Waals surface area contributed by atoms with Gasteiger partial charge in [-0.25, -0.2) is 14.6 Å². The largest absolute Gasteiger partial charge is 0.477 e. The number of anilines is 1. The van der Waals surface area contributed by atoms with Crippen molar-refractivity contribution in [1.82, 2.24) is 4.98 Å². The molecule has 0 unspecified atom stereocenters. The molecule has 0 radical (unpaired) electrons. The summed E-state index contributed by atoms with van der Waals surface area (Å²) in [4.78, 5) is 29.1. The van der Waals surface area contributed by atoms with Crippen LogP contribution in [0.1, 0.15) is 38.4 Å². The van der Waals surface area contributed by atoms with Crippen molar-refractivity contribution in [2.24, 2.45) is 0 Å². The third-order valence-electron chi connectivity index (χ3n) is 6.44. The molecule has 5 rings (SSSR count). The normalized spacial score (nSPS) is 11.5. The Balaban J connectivity index is 1.54. The number of halogens is 1. The molecule has 36 heavy (non-hydrogen) atoms. The summed E-state index contributed by atoms with van der Waals surface area (Å²) >= 11 is 3.52. The van der Waals surface area contributed by atoms with Crippen molar-refractivity contribution in [3.63, 3.8) is 0 Å². The maximum Gasteiger partial charge on any atom is 0.411 e. The second-order valence-corrected chi connectivity index (χ2v) is 9.64. The second-order valence-electron chi connectivity index (χ2n) is 8.72. The number of aryl methyl sites for hydroxylation is 1. The van der Waals surface area contributed by atoms with E-state index in [4.69, 9.17) is 4.74 Å². The first-order valence-electron chi connectivity index (χ1n) is 11.5. The number of aromatic carboxylic acids is 1. The van der Waals surface area contributed by atoms with Gasteiger partial charge in [-0.15, -0.1) is 0 Å². The summed E-state index contributed by atoms with van der Waals surface area (Å²) in [6.07, 6.45) is -0.0509. The topological polar surface area (TPSA) is 88.5 Å². The third kappa shape index (κ3) is 4.38. The molecule has 1 aliphatic rings. The zero-order valence-electron chi connectivity index (χ0n) is 19.8. The molecule has 6 nitrogen and oxygen atoms in total. The van der Waals surface area contributed by atoms with Crippen LogP contribution in [-0.2, 0) is 17.8 Å². The van der Waals surface area contributed by atoms with Gasteiger partial charge in [0.05, 0.1) is 0 Å². The maximum absolute atomic E-state index is 12.5. The number of amides is 1. The first-order valence-corrected chi connectivity index (χ1v) is 12.3. The summed E-state index contributed by atoms with van der Waals surface area (Å²) in [5.74, 6) is -1.04. The molecule has 2 N–H and O–H groups in total. The number of carbonyl (C=O) groups excluding carboxylic acids is 1. The number of fused-ring (bicyclic) bond motifs is 3. The minimum absolute atomic E-state index is 0.0787. The highest BCUT2D eigenvalue weighted by Gasteiger charge is 2.30. The predicted molar refractivity (Wildman–Crippen MR) is 142 cm³/mol. The van der Waals surface area contributed by atoms with Crippen molar-refractivity contribution in [3.8, 4) is 22.3 Å². The lowest BCUT2D eigenvalue weighted by Crippen LogP contribution is -2.14. The number of hydrogen-bond acceptors (Lipinski definition) is 4.